The molecule has 0 aliphatic carbocycles. The van der Waals surface area contributed by atoms with Gasteiger partial charge < -0.3 is 15.5 Å². The summed E-state index contributed by atoms with van der Waals surface area (Å²) in [5, 5.41) is 5.69. The fraction of sp³-hybridized carbons (Fsp3) is 0.450. The van der Waals surface area contributed by atoms with Crippen LogP contribution in [0.1, 0.15) is 42.6 Å². The molecule has 0 saturated carbocycles. The van der Waals surface area contributed by atoms with Crippen molar-refractivity contribution in [1.29, 1.82) is 0 Å². The van der Waals surface area contributed by atoms with Gasteiger partial charge in [-0.2, -0.15) is 0 Å². The van der Waals surface area contributed by atoms with Gasteiger partial charge in [-0.1, -0.05) is 25.0 Å². The number of urea groups is 1. The van der Waals surface area contributed by atoms with Gasteiger partial charge in [0, 0.05) is 31.5 Å². The molecule has 0 atom stereocenters. The lowest BCUT2D eigenvalue weighted by atomic mass is 10.2. The van der Waals surface area contributed by atoms with E-state index in [2.05, 4.69) is 31.6 Å². The van der Waals surface area contributed by atoms with Gasteiger partial charge in [0.2, 0.25) is 0 Å². The second-order valence-electron chi connectivity index (χ2n) is 6.73. The van der Waals surface area contributed by atoms with Crippen LogP contribution in [-0.4, -0.2) is 29.1 Å². The third-order valence-corrected chi connectivity index (χ3v) is 4.57. The van der Waals surface area contributed by atoms with Crippen LogP contribution in [0.3, 0.4) is 0 Å². The molecule has 0 aromatic carbocycles. The zero-order chi connectivity index (χ0) is 18.2. The molecule has 0 unspecified atom stereocenters. The summed E-state index contributed by atoms with van der Waals surface area (Å²) in [7, 11) is 0. The van der Waals surface area contributed by atoms with Crippen LogP contribution in [0.4, 0.5) is 10.6 Å². The Bertz CT molecular complexity index is 708. The smallest absolute Gasteiger partial charge is 0.315 e. The Morgan fingerprint density at radius 1 is 1.04 bits per heavy atom. The number of hydrogen-bond donors (Lipinski definition) is 2. The van der Waals surface area contributed by atoms with Crippen molar-refractivity contribution in [2.45, 2.75) is 45.7 Å². The van der Waals surface area contributed by atoms with Crippen LogP contribution in [0.5, 0.6) is 0 Å². The molecule has 2 N–H and O–H groups in total. The van der Waals surface area contributed by atoms with Crippen molar-refractivity contribution in [3.05, 3.63) is 53.5 Å². The molecule has 1 aliphatic rings. The summed E-state index contributed by atoms with van der Waals surface area (Å²) in [5.41, 5.74) is 2.79. The number of carbonyl (C=O) groups is 1. The standard InChI is InChI=1S/C20H27N5O/c1-16-7-6-8-18(24-16)15-23-20(26)22-14-17-9-10-19(21-13-17)25-11-4-2-3-5-12-25/h6-10,13H,2-5,11-12,14-15H2,1H3,(H2,22,23,26). The summed E-state index contributed by atoms with van der Waals surface area (Å²) >= 11 is 0. The largest absolute Gasteiger partial charge is 0.357 e. The van der Waals surface area contributed by atoms with E-state index in [1.165, 1.54) is 25.7 Å². The van der Waals surface area contributed by atoms with Crippen molar-refractivity contribution in [3.63, 3.8) is 0 Å². The maximum Gasteiger partial charge on any atom is 0.315 e. The number of aryl methyl sites for hydroxylation is 1. The van der Waals surface area contributed by atoms with E-state index in [1.54, 1.807) is 0 Å². The molecule has 0 radical (unpaired) electrons. The van der Waals surface area contributed by atoms with Crippen LogP contribution in [0.25, 0.3) is 0 Å². The molecule has 6 nitrogen and oxygen atoms in total. The van der Waals surface area contributed by atoms with E-state index in [0.29, 0.717) is 13.1 Å². The van der Waals surface area contributed by atoms with E-state index < -0.39 is 0 Å². The topological polar surface area (TPSA) is 70.2 Å². The molecule has 1 aliphatic heterocycles. The predicted molar refractivity (Wildman–Crippen MR) is 103 cm³/mol. The summed E-state index contributed by atoms with van der Waals surface area (Å²) in [6.07, 6.45) is 6.95. The molecule has 3 heterocycles. The minimum atomic E-state index is -0.204. The summed E-state index contributed by atoms with van der Waals surface area (Å²) in [6, 6.07) is 9.66. The second-order valence-corrected chi connectivity index (χ2v) is 6.73. The van der Waals surface area contributed by atoms with Crippen LogP contribution >= 0.6 is 0 Å². The molecule has 1 saturated heterocycles. The first-order valence-corrected chi connectivity index (χ1v) is 9.35. The monoisotopic (exact) mass is 353 g/mol. The highest BCUT2D eigenvalue weighted by Crippen LogP contribution is 2.17. The van der Waals surface area contributed by atoms with Crippen LogP contribution in [0.2, 0.25) is 0 Å². The number of rotatable bonds is 5. The molecule has 2 amide bonds. The number of anilines is 1. The number of nitrogens with one attached hydrogen (secondary N) is 2. The lowest BCUT2D eigenvalue weighted by Gasteiger charge is -2.21. The average Bonchev–Trinajstić information content (AvgIpc) is 2.95. The average molecular weight is 353 g/mol. The molecule has 3 rings (SSSR count). The first kappa shape index (κ1) is 18.2. The molecule has 0 spiro atoms. The molecule has 2 aromatic rings. The number of nitrogens with zero attached hydrogens (tertiary/aromatic N) is 3. The van der Waals surface area contributed by atoms with Crippen molar-refractivity contribution in [2.24, 2.45) is 0 Å². The first-order valence-electron chi connectivity index (χ1n) is 9.35. The molecular formula is C20H27N5O. The summed E-state index contributed by atoms with van der Waals surface area (Å²) in [6.45, 7) is 4.98. The lowest BCUT2D eigenvalue weighted by Crippen LogP contribution is -2.34. The zero-order valence-corrected chi connectivity index (χ0v) is 15.4. The van der Waals surface area contributed by atoms with Gasteiger partial charge >= 0.3 is 6.03 Å². The Labute approximate surface area is 155 Å². The van der Waals surface area contributed by atoms with Crippen LogP contribution in [0, 0.1) is 6.92 Å². The minimum Gasteiger partial charge on any atom is -0.357 e. The van der Waals surface area contributed by atoms with Crippen LogP contribution in [0.15, 0.2) is 36.5 Å². The summed E-state index contributed by atoms with van der Waals surface area (Å²) in [4.78, 5) is 23.2. The van der Waals surface area contributed by atoms with Crippen molar-refractivity contribution >= 4 is 11.8 Å². The fourth-order valence-corrected chi connectivity index (χ4v) is 3.12. The number of hydrogen-bond acceptors (Lipinski definition) is 4. The van der Waals surface area contributed by atoms with Gasteiger partial charge in [0.1, 0.15) is 5.82 Å². The van der Waals surface area contributed by atoms with Crippen molar-refractivity contribution in [1.82, 2.24) is 20.6 Å². The SMILES string of the molecule is Cc1cccc(CNC(=O)NCc2ccc(N3CCCCCC3)nc2)n1. The maximum atomic E-state index is 11.9. The lowest BCUT2D eigenvalue weighted by molar-refractivity contribution is 0.240. The normalized spacial score (nSPS) is 14.6. The first-order chi connectivity index (χ1) is 12.7. The molecule has 0 bridgehead atoms. The van der Waals surface area contributed by atoms with Crippen molar-refractivity contribution in [3.8, 4) is 0 Å². The van der Waals surface area contributed by atoms with Gasteiger partial charge in [0.15, 0.2) is 0 Å². The van der Waals surface area contributed by atoms with Gasteiger partial charge in [-0.25, -0.2) is 9.78 Å². The highest BCUT2D eigenvalue weighted by molar-refractivity contribution is 5.73. The zero-order valence-electron chi connectivity index (χ0n) is 15.4. The Morgan fingerprint density at radius 2 is 1.81 bits per heavy atom. The molecule has 1 fully saturated rings. The summed E-state index contributed by atoms with van der Waals surface area (Å²) in [5.74, 6) is 1.03. The van der Waals surface area contributed by atoms with E-state index in [0.717, 1.165) is 35.9 Å². The van der Waals surface area contributed by atoms with Crippen LogP contribution in [-0.2, 0) is 13.1 Å². The van der Waals surface area contributed by atoms with E-state index >= 15 is 0 Å². The molecule has 6 heteroatoms. The third-order valence-electron chi connectivity index (χ3n) is 4.57. The van der Waals surface area contributed by atoms with Crippen molar-refractivity contribution < 1.29 is 4.79 Å². The predicted octanol–water partition coefficient (Wildman–Crippen LogP) is 3.16. The van der Waals surface area contributed by atoms with E-state index in [-0.39, 0.29) is 6.03 Å². The Morgan fingerprint density at radius 3 is 2.50 bits per heavy atom. The molecular weight excluding hydrogens is 326 g/mol. The number of pyridine rings is 2. The number of carbonyl (C=O) groups excluding carboxylic acids is 1. The fourth-order valence-electron chi connectivity index (χ4n) is 3.12. The van der Waals surface area contributed by atoms with Crippen LogP contribution < -0.4 is 15.5 Å². The van der Waals surface area contributed by atoms with E-state index in [9.17, 15) is 4.79 Å². The van der Waals surface area contributed by atoms with Gasteiger partial charge in [0.05, 0.1) is 12.2 Å². The Hall–Kier alpha value is -2.63. The Kier molecular flexibility index (Phi) is 6.41. The van der Waals surface area contributed by atoms with Gasteiger partial charge in [-0.05, 0) is 43.5 Å². The third kappa shape index (κ3) is 5.44. The second kappa shape index (κ2) is 9.17. The molecule has 138 valence electrons. The van der Waals surface area contributed by atoms with E-state index in [1.807, 2.05) is 37.4 Å². The Balaban J connectivity index is 1.44. The number of aromatic nitrogens is 2. The highest BCUT2D eigenvalue weighted by atomic mass is 16.2. The molecule has 26 heavy (non-hydrogen) atoms. The number of amides is 2. The van der Waals surface area contributed by atoms with Crippen molar-refractivity contribution in [2.75, 3.05) is 18.0 Å². The van der Waals surface area contributed by atoms with Gasteiger partial charge in [0.25, 0.3) is 0 Å². The maximum absolute atomic E-state index is 11.9. The highest BCUT2D eigenvalue weighted by Gasteiger charge is 2.11. The molecule has 2 aromatic heterocycles. The van der Waals surface area contributed by atoms with E-state index in [4.69, 9.17) is 0 Å². The van der Waals surface area contributed by atoms with Gasteiger partial charge in [-0.15, -0.1) is 0 Å². The quantitative estimate of drug-likeness (QED) is 0.866. The van der Waals surface area contributed by atoms with Gasteiger partial charge in [-0.3, -0.25) is 4.98 Å². The summed E-state index contributed by atoms with van der Waals surface area (Å²) < 4.78 is 0. The minimum absolute atomic E-state index is 0.204.